The Bertz CT molecular complexity index is 1190. The number of Topliss-reactive ketones (excluding diaryl/α,β-unsaturated/α-hetero) is 1. The average molecular weight is 392 g/mol. The summed E-state index contributed by atoms with van der Waals surface area (Å²) in [4.78, 5) is 36.5. The van der Waals surface area contributed by atoms with Crippen molar-refractivity contribution in [2.24, 2.45) is 5.92 Å². The number of aromatic nitrogens is 3. The highest BCUT2D eigenvalue weighted by Gasteiger charge is 2.26. The Morgan fingerprint density at radius 1 is 1.17 bits per heavy atom. The fourth-order valence-corrected chi connectivity index (χ4v) is 3.93. The van der Waals surface area contributed by atoms with Gasteiger partial charge in [0, 0.05) is 24.7 Å². The van der Waals surface area contributed by atoms with Crippen LogP contribution < -0.4 is 20.3 Å². The van der Waals surface area contributed by atoms with Crippen LogP contribution in [0.5, 0.6) is 11.5 Å². The van der Waals surface area contributed by atoms with E-state index in [2.05, 4.69) is 20.3 Å². The number of H-pyrrole nitrogens is 1. The van der Waals surface area contributed by atoms with Gasteiger partial charge in [-0.2, -0.15) is 4.98 Å². The van der Waals surface area contributed by atoms with Crippen molar-refractivity contribution in [1.82, 2.24) is 15.0 Å². The lowest BCUT2D eigenvalue weighted by molar-refractivity contribution is 0.0953. The van der Waals surface area contributed by atoms with Gasteiger partial charge < -0.3 is 14.8 Å². The van der Waals surface area contributed by atoms with E-state index in [1.165, 1.54) is 0 Å². The number of anilines is 1. The largest absolute Gasteiger partial charge is 0.486 e. The zero-order valence-corrected chi connectivity index (χ0v) is 15.9. The van der Waals surface area contributed by atoms with Crippen LogP contribution in [0.15, 0.2) is 29.2 Å². The van der Waals surface area contributed by atoms with Crippen LogP contribution in [0.1, 0.15) is 34.8 Å². The molecule has 0 saturated carbocycles. The van der Waals surface area contributed by atoms with Crippen molar-refractivity contribution < 1.29 is 14.3 Å². The Kier molecular flexibility index (Phi) is 4.19. The quantitative estimate of drug-likeness (QED) is 0.705. The number of nitrogens with zero attached hydrogens (tertiary/aromatic N) is 2. The van der Waals surface area contributed by atoms with Gasteiger partial charge >= 0.3 is 0 Å². The second-order valence-electron chi connectivity index (χ2n) is 7.53. The molecule has 8 nitrogen and oxygen atoms in total. The van der Waals surface area contributed by atoms with E-state index in [-0.39, 0.29) is 17.3 Å². The van der Waals surface area contributed by atoms with Gasteiger partial charge in [0.05, 0.1) is 5.39 Å². The minimum absolute atomic E-state index is 0.0355. The highest BCUT2D eigenvalue weighted by Crippen LogP contribution is 2.31. The predicted octanol–water partition coefficient (Wildman–Crippen LogP) is 2.47. The number of ketones is 1. The number of rotatable bonds is 3. The first-order valence-corrected chi connectivity index (χ1v) is 9.66. The number of nitrogens with one attached hydrogen (secondary N) is 2. The summed E-state index contributed by atoms with van der Waals surface area (Å²) in [7, 11) is 0. The molecule has 1 aliphatic heterocycles. The van der Waals surface area contributed by atoms with E-state index < -0.39 is 0 Å². The topological polar surface area (TPSA) is 106 Å². The Balaban J connectivity index is 1.44. The van der Waals surface area contributed by atoms with Crippen molar-refractivity contribution in [2.45, 2.75) is 26.3 Å². The maximum Gasteiger partial charge on any atom is 0.262 e. The van der Waals surface area contributed by atoms with Gasteiger partial charge in [0.15, 0.2) is 22.9 Å². The average Bonchev–Trinajstić information content (AvgIpc) is 2.71. The molecule has 1 aromatic carbocycles. The van der Waals surface area contributed by atoms with Gasteiger partial charge in [0.25, 0.3) is 5.56 Å². The van der Waals surface area contributed by atoms with Gasteiger partial charge in [-0.15, -0.1) is 0 Å². The number of pyridine rings is 1. The first-order chi connectivity index (χ1) is 14.1. The minimum Gasteiger partial charge on any atom is -0.486 e. The van der Waals surface area contributed by atoms with Crippen molar-refractivity contribution >= 4 is 22.8 Å². The Morgan fingerprint density at radius 3 is 2.86 bits per heavy atom. The molecule has 2 N–H and O–H groups in total. The van der Waals surface area contributed by atoms with Crippen LogP contribution in [0.3, 0.4) is 0 Å². The molecule has 1 unspecified atom stereocenters. The van der Waals surface area contributed by atoms with Crippen LogP contribution in [0.2, 0.25) is 0 Å². The minimum atomic E-state index is -0.286. The molecular formula is C21H20N4O4. The summed E-state index contributed by atoms with van der Waals surface area (Å²) >= 11 is 0. The monoisotopic (exact) mass is 392 g/mol. The fraction of sp³-hybridized carbons (Fsp3) is 0.333. The van der Waals surface area contributed by atoms with Crippen molar-refractivity contribution in [3.05, 3.63) is 51.4 Å². The van der Waals surface area contributed by atoms with E-state index in [1.807, 2.05) is 25.1 Å². The number of benzene rings is 1. The number of carbonyl (C=O) groups is 1. The summed E-state index contributed by atoms with van der Waals surface area (Å²) in [6.45, 7) is 3.54. The van der Waals surface area contributed by atoms with Crippen LogP contribution in [-0.4, -0.2) is 33.9 Å². The molecule has 1 aliphatic carbocycles. The zero-order valence-electron chi connectivity index (χ0n) is 15.9. The van der Waals surface area contributed by atoms with Crippen molar-refractivity contribution in [3.63, 3.8) is 0 Å². The Morgan fingerprint density at radius 2 is 2.00 bits per heavy atom. The third-order valence-corrected chi connectivity index (χ3v) is 5.30. The summed E-state index contributed by atoms with van der Waals surface area (Å²) in [5.74, 6) is 2.01. The summed E-state index contributed by atoms with van der Waals surface area (Å²) in [5, 5.41) is 3.54. The fourth-order valence-electron chi connectivity index (χ4n) is 3.93. The maximum atomic E-state index is 12.8. The molecular weight excluding hydrogens is 372 g/mol. The molecule has 5 rings (SSSR count). The molecule has 0 radical (unpaired) electrons. The van der Waals surface area contributed by atoms with Crippen molar-refractivity contribution in [1.29, 1.82) is 0 Å². The molecule has 29 heavy (non-hydrogen) atoms. The number of carbonyl (C=O) groups excluding carboxylic acids is 1. The summed E-state index contributed by atoms with van der Waals surface area (Å²) < 4.78 is 11.1. The second kappa shape index (κ2) is 6.88. The predicted molar refractivity (Wildman–Crippen MR) is 107 cm³/mol. The van der Waals surface area contributed by atoms with Gasteiger partial charge in [-0.1, -0.05) is 13.0 Å². The number of ether oxygens (including phenoxy) is 2. The summed E-state index contributed by atoms with van der Waals surface area (Å²) in [5.41, 5.74) is 2.32. The van der Waals surface area contributed by atoms with Gasteiger partial charge in [-0.3, -0.25) is 14.6 Å². The molecule has 0 amide bonds. The maximum absolute atomic E-state index is 12.8. The molecule has 1 atom stereocenters. The third-order valence-electron chi connectivity index (χ3n) is 5.30. The Labute approximate surface area is 166 Å². The molecule has 2 aromatic heterocycles. The van der Waals surface area contributed by atoms with Crippen LogP contribution in [0, 0.1) is 5.92 Å². The molecule has 3 aromatic rings. The molecule has 0 spiro atoms. The van der Waals surface area contributed by atoms with Crippen LogP contribution in [0.4, 0.5) is 5.95 Å². The standard InChI is InChI=1S/C21H20N4O4/c1-11-6-13-14(15(26)7-11)10-22-19-18(13)20(27)25-21(24-19)23-9-12-2-3-16-17(8-12)29-5-4-28-16/h2-3,8,10-11H,4-7,9H2,1H3,(H2,22,23,24,25,27). The lowest BCUT2D eigenvalue weighted by Crippen LogP contribution is -2.23. The molecule has 2 aliphatic rings. The zero-order chi connectivity index (χ0) is 20.0. The van der Waals surface area contributed by atoms with E-state index in [4.69, 9.17) is 9.47 Å². The van der Waals surface area contributed by atoms with Gasteiger partial charge in [-0.05, 0) is 35.6 Å². The molecule has 0 bridgehead atoms. The van der Waals surface area contributed by atoms with E-state index in [9.17, 15) is 9.59 Å². The normalized spacial score (nSPS) is 17.8. The molecule has 3 heterocycles. The number of hydrogen-bond donors (Lipinski definition) is 2. The van der Waals surface area contributed by atoms with Crippen LogP contribution >= 0.6 is 0 Å². The van der Waals surface area contributed by atoms with Crippen molar-refractivity contribution in [3.8, 4) is 11.5 Å². The molecule has 0 fully saturated rings. The van der Waals surface area contributed by atoms with E-state index >= 15 is 0 Å². The first kappa shape index (κ1) is 17.7. The van der Waals surface area contributed by atoms with Gasteiger partial charge in [-0.25, -0.2) is 4.98 Å². The summed E-state index contributed by atoms with van der Waals surface area (Å²) in [6, 6.07) is 5.71. The smallest absolute Gasteiger partial charge is 0.262 e. The second-order valence-corrected chi connectivity index (χ2v) is 7.53. The number of fused-ring (bicyclic) bond motifs is 4. The highest BCUT2D eigenvalue weighted by atomic mass is 16.6. The highest BCUT2D eigenvalue weighted by molar-refractivity contribution is 6.02. The lowest BCUT2D eigenvalue weighted by atomic mass is 9.84. The number of hydrogen-bond acceptors (Lipinski definition) is 7. The van der Waals surface area contributed by atoms with Crippen molar-refractivity contribution in [2.75, 3.05) is 18.5 Å². The SMILES string of the molecule is CC1CC(=O)c2cnc3nc(NCc4ccc5c(c4)OCCO5)[nH]c(=O)c3c2C1. The lowest BCUT2D eigenvalue weighted by Gasteiger charge is -2.21. The van der Waals surface area contributed by atoms with E-state index in [0.717, 1.165) is 16.9 Å². The molecule has 0 saturated heterocycles. The van der Waals surface area contributed by atoms with Crippen LogP contribution in [0.25, 0.3) is 11.0 Å². The Hall–Kier alpha value is -3.42. The van der Waals surface area contributed by atoms with E-state index in [0.29, 0.717) is 60.9 Å². The van der Waals surface area contributed by atoms with Crippen LogP contribution in [-0.2, 0) is 13.0 Å². The molecule has 148 valence electrons. The third kappa shape index (κ3) is 3.20. The first-order valence-electron chi connectivity index (χ1n) is 9.66. The van der Waals surface area contributed by atoms with Gasteiger partial charge in [0.2, 0.25) is 5.95 Å². The number of aromatic amines is 1. The summed E-state index contributed by atoms with van der Waals surface area (Å²) in [6.07, 6.45) is 2.71. The van der Waals surface area contributed by atoms with Gasteiger partial charge in [0.1, 0.15) is 13.2 Å². The van der Waals surface area contributed by atoms with E-state index in [1.54, 1.807) is 6.20 Å². The molecule has 8 heteroatoms.